The largest absolute Gasteiger partial charge is 0.458 e. The predicted molar refractivity (Wildman–Crippen MR) is 85.3 cm³/mol. The van der Waals surface area contributed by atoms with Gasteiger partial charge < -0.3 is 18.9 Å². The van der Waals surface area contributed by atoms with Crippen LogP contribution in [0, 0.1) is 10.8 Å². The first-order valence-electron chi connectivity index (χ1n) is 8.85. The summed E-state index contributed by atoms with van der Waals surface area (Å²) in [5.41, 5.74) is 0.332. The van der Waals surface area contributed by atoms with E-state index in [1.165, 1.54) is 11.6 Å². The van der Waals surface area contributed by atoms with Gasteiger partial charge >= 0.3 is 5.97 Å². The quantitative estimate of drug-likeness (QED) is 0.336. The van der Waals surface area contributed by atoms with E-state index < -0.39 is 0 Å². The maximum absolute atomic E-state index is 12.1. The van der Waals surface area contributed by atoms with Crippen molar-refractivity contribution in [1.29, 1.82) is 0 Å². The first-order chi connectivity index (χ1) is 11.4. The molecule has 1 spiro atoms. The van der Waals surface area contributed by atoms with Crippen LogP contribution in [-0.2, 0) is 23.7 Å². The lowest BCUT2D eigenvalue weighted by Crippen LogP contribution is -2.66. The van der Waals surface area contributed by atoms with Gasteiger partial charge in [-0.15, -0.1) is 0 Å². The van der Waals surface area contributed by atoms with Crippen LogP contribution >= 0.6 is 0 Å². The number of epoxide rings is 2. The van der Waals surface area contributed by atoms with Crippen LogP contribution in [0.25, 0.3) is 0 Å². The standard InChI is InChI=1S/C19H24O5/c1-5-6-14(20)23-12-8-13-19(9-21-19)18(12,4)17(3)11(22-13)7-10(2)15-16(17)24-15/h5-7,11-13,15-16H,8-9H2,1-4H3/b6-5-. The Morgan fingerprint density at radius 1 is 1.38 bits per heavy atom. The highest BCUT2D eigenvalue weighted by Crippen LogP contribution is 2.74. The molecule has 5 heteroatoms. The van der Waals surface area contributed by atoms with E-state index in [0.29, 0.717) is 13.0 Å². The molecule has 3 heterocycles. The van der Waals surface area contributed by atoms with Crippen LogP contribution in [0.3, 0.4) is 0 Å². The molecule has 0 N–H and O–H groups in total. The molecule has 8 unspecified atom stereocenters. The molecule has 2 bridgehead atoms. The first-order valence-corrected chi connectivity index (χ1v) is 8.85. The zero-order valence-electron chi connectivity index (χ0n) is 14.6. The Bertz CT molecular complexity index is 677. The summed E-state index contributed by atoms with van der Waals surface area (Å²) in [6.45, 7) is 9.05. The molecule has 0 aromatic heterocycles. The fourth-order valence-corrected chi connectivity index (χ4v) is 5.77. The van der Waals surface area contributed by atoms with Gasteiger partial charge in [0.15, 0.2) is 0 Å². The highest BCUT2D eigenvalue weighted by molar-refractivity contribution is 5.82. The molecule has 0 radical (unpaired) electrons. The minimum absolute atomic E-state index is 0.0171. The molecule has 130 valence electrons. The van der Waals surface area contributed by atoms with Crippen LogP contribution in [0.2, 0.25) is 0 Å². The third-order valence-electron chi connectivity index (χ3n) is 7.45. The van der Waals surface area contributed by atoms with Crippen molar-refractivity contribution in [2.75, 3.05) is 6.61 Å². The summed E-state index contributed by atoms with van der Waals surface area (Å²) in [5.74, 6) is -0.289. The van der Waals surface area contributed by atoms with Gasteiger partial charge in [-0.25, -0.2) is 4.79 Å². The Morgan fingerprint density at radius 2 is 2.12 bits per heavy atom. The van der Waals surface area contributed by atoms with Crippen molar-refractivity contribution >= 4 is 5.97 Å². The Labute approximate surface area is 142 Å². The van der Waals surface area contributed by atoms with Gasteiger partial charge in [-0.1, -0.05) is 26.0 Å². The maximum atomic E-state index is 12.1. The van der Waals surface area contributed by atoms with Crippen LogP contribution in [0.5, 0.6) is 0 Å². The number of allylic oxidation sites excluding steroid dienone is 1. The van der Waals surface area contributed by atoms with Crippen LogP contribution in [-0.4, -0.2) is 48.7 Å². The summed E-state index contributed by atoms with van der Waals surface area (Å²) in [6, 6.07) is 0. The molecule has 5 aliphatic rings. The van der Waals surface area contributed by atoms with Gasteiger partial charge in [0, 0.05) is 23.3 Å². The molecule has 4 fully saturated rings. The second kappa shape index (κ2) is 4.32. The molecule has 0 amide bonds. The Hall–Kier alpha value is -1.17. The fraction of sp³-hybridized carbons (Fsp3) is 0.737. The minimum Gasteiger partial charge on any atom is -0.458 e. The van der Waals surface area contributed by atoms with Crippen molar-refractivity contribution in [3.63, 3.8) is 0 Å². The number of hydrogen-bond acceptors (Lipinski definition) is 5. The highest BCUT2D eigenvalue weighted by Gasteiger charge is 2.85. The predicted octanol–water partition coefficient (Wildman–Crippen LogP) is 2.15. The van der Waals surface area contributed by atoms with E-state index in [9.17, 15) is 4.79 Å². The van der Waals surface area contributed by atoms with Crippen molar-refractivity contribution in [3.8, 4) is 0 Å². The van der Waals surface area contributed by atoms with Crippen molar-refractivity contribution in [1.82, 2.24) is 0 Å². The summed E-state index contributed by atoms with van der Waals surface area (Å²) in [7, 11) is 0. The molecular weight excluding hydrogens is 308 g/mol. The summed E-state index contributed by atoms with van der Waals surface area (Å²) in [6.07, 6.45) is 6.12. The Kier molecular flexibility index (Phi) is 2.72. The minimum atomic E-state index is -0.339. The van der Waals surface area contributed by atoms with Gasteiger partial charge in [-0.05, 0) is 19.4 Å². The van der Waals surface area contributed by atoms with E-state index in [4.69, 9.17) is 18.9 Å². The summed E-state index contributed by atoms with van der Waals surface area (Å²) >= 11 is 0. The summed E-state index contributed by atoms with van der Waals surface area (Å²) in [5, 5.41) is 0. The Balaban J connectivity index is 1.60. The molecule has 1 saturated carbocycles. The van der Waals surface area contributed by atoms with Crippen molar-refractivity contribution in [2.45, 2.75) is 70.2 Å². The van der Waals surface area contributed by atoms with Gasteiger partial charge in [0.2, 0.25) is 0 Å². The lowest BCUT2D eigenvalue weighted by molar-refractivity contribution is -0.212. The number of carbonyl (C=O) groups excluding carboxylic acids is 1. The second-order valence-electron chi connectivity index (χ2n) is 8.26. The molecular formula is C19H24O5. The smallest absolute Gasteiger partial charge is 0.330 e. The van der Waals surface area contributed by atoms with Gasteiger partial charge in [0.05, 0.1) is 24.9 Å². The molecule has 0 aromatic rings. The van der Waals surface area contributed by atoms with Crippen LogP contribution in [0.15, 0.2) is 23.8 Å². The molecule has 2 aliphatic carbocycles. The van der Waals surface area contributed by atoms with E-state index in [1.807, 2.05) is 6.92 Å². The van der Waals surface area contributed by atoms with Gasteiger partial charge in [0.1, 0.15) is 17.8 Å². The van der Waals surface area contributed by atoms with Crippen molar-refractivity contribution in [2.24, 2.45) is 10.8 Å². The van der Waals surface area contributed by atoms with Gasteiger partial charge in [-0.3, -0.25) is 0 Å². The van der Waals surface area contributed by atoms with Crippen molar-refractivity contribution in [3.05, 3.63) is 23.8 Å². The molecule has 8 atom stereocenters. The van der Waals surface area contributed by atoms with E-state index in [1.54, 1.807) is 6.08 Å². The lowest BCUT2D eigenvalue weighted by atomic mass is 9.52. The monoisotopic (exact) mass is 332 g/mol. The third-order valence-corrected chi connectivity index (χ3v) is 7.45. The van der Waals surface area contributed by atoms with Gasteiger partial charge in [0.25, 0.3) is 0 Å². The van der Waals surface area contributed by atoms with E-state index >= 15 is 0 Å². The molecule has 24 heavy (non-hydrogen) atoms. The summed E-state index contributed by atoms with van der Waals surface area (Å²) < 4.78 is 24.4. The molecule has 5 rings (SSSR count). The number of hydrogen-bond donors (Lipinski definition) is 0. The zero-order chi connectivity index (χ0) is 16.9. The average molecular weight is 332 g/mol. The second-order valence-corrected chi connectivity index (χ2v) is 8.26. The number of ether oxygens (including phenoxy) is 4. The van der Waals surface area contributed by atoms with E-state index in [-0.39, 0.29) is 52.9 Å². The highest BCUT2D eigenvalue weighted by atomic mass is 16.6. The Morgan fingerprint density at radius 3 is 2.79 bits per heavy atom. The molecule has 3 aliphatic heterocycles. The topological polar surface area (TPSA) is 60.6 Å². The number of esters is 1. The number of carbonyl (C=O) groups is 1. The van der Waals surface area contributed by atoms with E-state index in [0.717, 1.165) is 0 Å². The molecule has 3 saturated heterocycles. The van der Waals surface area contributed by atoms with E-state index in [2.05, 4.69) is 26.8 Å². The molecule has 5 nitrogen and oxygen atoms in total. The third kappa shape index (κ3) is 1.46. The SMILES string of the molecule is C/C=C\C(=O)OC1CC2OC3C=C(C)C4OC4C3(C)C1(C)C21CO1. The van der Waals surface area contributed by atoms with Crippen LogP contribution in [0.4, 0.5) is 0 Å². The number of rotatable bonds is 2. The maximum Gasteiger partial charge on any atom is 0.330 e. The van der Waals surface area contributed by atoms with Crippen LogP contribution < -0.4 is 0 Å². The molecule has 0 aromatic carbocycles. The normalized spacial score (nSPS) is 56.7. The fourth-order valence-electron chi connectivity index (χ4n) is 5.77. The van der Waals surface area contributed by atoms with Gasteiger partial charge in [-0.2, -0.15) is 0 Å². The average Bonchev–Trinajstić information content (AvgIpc) is 3.40. The lowest BCUT2D eigenvalue weighted by Gasteiger charge is -2.56. The number of fused-ring (bicyclic) bond motifs is 4. The first kappa shape index (κ1) is 15.1. The summed E-state index contributed by atoms with van der Waals surface area (Å²) in [4.78, 5) is 12.1. The zero-order valence-corrected chi connectivity index (χ0v) is 14.6. The van der Waals surface area contributed by atoms with Crippen molar-refractivity contribution < 1.29 is 23.7 Å². The van der Waals surface area contributed by atoms with Crippen LogP contribution in [0.1, 0.15) is 34.1 Å².